The van der Waals surface area contributed by atoms with E-state index >= 15 is 0 Å². The van der Waals surface area contributed by atoms with E-state index in [-0.39, 0.29) is 17.9 Å². The van der Waals surface area contributed by atoms with Crippen molar-refractivity contribution < 1.29 is 9.53 Å². The summed E-state index contributed by atoms with van der Waals surface area (Å²) in [7, 11) is 0. The lowest BCUT2D eigenvalue weighted by atomic mass is 9.85. The molecule has 0 spiro atoms. The largest absolute Gasteiger partial charge is 0.491 e. The summed E-state index contributed by atoms with van der Waals surface area (Å²) in [5, 5.41) is 0. The van der Waals surface area contributed by atoms with Crippen LogP contribution >= 0.6 is 0 Å². The maximum Gasteiger partial charge on any atom is 0.230 e. The Bertz CT molecular complexity index is 481. The number of hydrogen-bond donors (Lipinski definition) is 1. The van der Waals surface area contributed by atoms with E-state index in [0.29, 0.717) is 6.61 Å². The molecule has 2 aliphatic rings. The van der Waals surface area contributed by atoms with Gasteiger partial charge in [-0.25, -0.2) is 0 Å². The second-order valence-electron chi connectivity index (χ2n) is 5.77. The van der Waals surface area contributed by atoms with E-state index in [1.54, 1.807) is 0 Å². The number of para-hydroxylation sites is 2. The van der Waals surface area contributed by atoms with Gasteiger partial charge in [0.25, 0.3) is 0 Å². The molecule has 20 heavy (non-hydrogen) atoms. The number of ether oxygens (including phenoxy) is 1. The third-order valence-electron chi connectivity index (χ3n) is 4.33. The Balaban J connectivity index is 1.80. The molecule has 108 valence electrons. The minimum atomic E-state index is 0.126. The van der Waals surface area contributed by atoms with Gasteiger partial charge in [0, 0.05) is 18.5 Å². The molecule has 4 nitrogen and oxygen atoms in total. The van der Waals surface area contributed by atoms with Crippen LogP contribution in [0.3, 0.4) is 0 Å². The summed E-state index contributed by atoms with van der Waals surface area (Å²) in [6, 6.07) is 8.11. The van der Waals surface area contributed by atoms with Crippen LogP contribution < -0.4 is 15.4 Å². The number of benzene rings is 1. The molecule has 1 aromatic carbocycles. The van der Waals surface area contributed by atoms with Crippen molar-refractivity contribution in [2.24, 2.45) is 11.7 Å². The molecule has 0 atom stereocenters. The van der Waals surface area contributed by atoms with Crippen molar-refractivity contribution in [3.8, 4) is 5.75 Å². The monoisotopic (exact) mass is 274 g/mol. The molecule has 0 saturated heterocycles. The van der Waals surface area contributed by atoms with Gasteiger partial charge in [-0.1, -0.05) is 12.1 Å². The van der Waals surface area contributed by atoms with Gasteiger partial charge in [0.1, 0.15) is 5.75 Å². The highest BCUT2D eigenvalue weighted by Crippen LogP contribution is 2.33. The second kappa shape index (κ2) is 5.83. The number of hydrogen-bond acceptors (Lipinski definition) is 3. The normalized spacial score (nSPS) is 26.4. The zero-order valence-electron chi connectivity index (χ0n) is 11.8. The molecule has 0 aromatic heterocycles. The number of rotatable bonds is 1. The topological polar surface area (TPSA) is 55.6 Å². The van der Waals surface area contributed by atoms with E-state index in [4.69, 9.17) is 10.5 Å². The van der Waals surface area contributed by atoms with Crippen LogP contribution in [-0.4, -0.2) is 25.1 Å². The van der Waals surface area contributed by atoms with Crippen LogP contribution in [0.25, 0.3) is 0 Å². The van der Waals surface area contributed by atoms with E-state index in [0.717, 1.165) is 50.1 Å². The summed E-state index contributed by atoms with van der Waals surface area (Å²) in [6.07, 6.45) is 4.64. The fraction of sp³-hybridized carbons (Fsp3) is 0.562. The minimum absolute atomic E-state index is 0.126. The Labute approximate surface area is 119 Å². The Morgan fingerprint density at radius 1 is 1.20 bits per heavy atom. The van der Waals surface area contributed by atoms with Crippen LogP contribution in [-0.2, 0) is 4.79 Å². The van der Waals surface area contributed by atoms with Gasteiger partial charge in [-0.15, -0.1) is 0 Å². The number of carbonyl (C=O) groups excluding carboxylic acids is 1. The van der Waals surface area contributed by atoms with Crippen molar-refractivity contribution in [3.05, 3.63) is 24.3 Å². The zero-order valence-corrected chi connectivity index (χ0v) is 11.8. The molecular formula is C16H22N2O2. The highest BCUT2D eigenvalue weighted by molar-refractivity contribution is 5.96. The third kappa shape index (κ3) is 2.66. The summed E-state index contributed by atoms with van der Waals surface area (Å²) in [6.45, 7) is 1.43. The molecule has 1 amide bonds. The van der Waals surface area contributed by atoms with E-state index < -0.39 is 0 Å². The fourth-order valence-corrected chi connectivity index (χ4v) is 3.14. The number of amides is 1. The van der Waals surface area contributed by atoms with Gasteiger partial charge in [-0.3, -0.25) is 4.79 Å². The summed E-state index contributed by atoms with van der Waals surface area (Å²) in [4.78, 5) is 14.7. The average molecular weight is 274 g/mol. The standard InChI is InChI=1S/C16H22N2O2/c17-13-8-6-12(7-9-13)16(19)18-10-3-11-20-15-5-2-1-4-14(15)18/h1-2,4-5,12-13H,3,6-11,17H2. The lowest BCUT2D eigenvalue weighted by Gasteiger charge is -2.30. The predicted octanol–water partition coefficient (Wildman–Crippen LogP) is 2.32. The number of carbonyl (C=O) groups is 1. The molecule has 1 fully saturated rings. The van der Waals surface area contributed by atoms with Crippen LogP contribution in [0.15, 0.2) is 24.3 Å². The first kappa shape index (κ1) is 13.4. The van der Waals surface area contributed by atoms with E-state index in [2.05, 4.69) is 0 Å². The smallest absolute Gasteiger partial charge is 0.230 e. The van der Waals surface area contributed by atoms with E-state index in [1.807, 2.05) is 29.2 Å². The number of fused-ring (bicyclic) bond motifs is 1. The van der Waals surface area contributed by atoms with Crippen molar-refractivity contribution in [1.29, 1.82) is 0 Å². The van der Waals surface area contributed by atoms with Gasteiger partial charge in [0.05, 0.1) is 12.3 Å². The Morgan fingerprint density at radius 3 is 2.75 bits per heavy atom. The Hall–Kier alpha value is -1.55. The summed E-state index contributed by atoms with van der Waals surface area (Å²) in [5.41, 5.74) is 6.85. The number of nitrogens with two attached hydrogens (primary N) is 1. The first-order valence-electron chi connectivity index (χ1n) is 7.54. The van der Waals surface area contributed by atoms with E-state index in [1.165, 1.54) is 0 Å². The highest BCUT2D eigenvalue weighted by Gasteiger charge is 2.30. The molecule has 0 radical (unpaired) electrons. The van der Waals surface area contributed by atoms with Gasteiger partial charge in [0.2, 0.25) is 5.91 Å². The molecule has 1 aromatic rings. The van der Waals surface area contributed by atoms with Crippen LogP contribution in [0, 0.1) is 5.92 Å². The van der Waals surface area contributed by atoms with Gasteiger partial charge in [-0.2, -0.15) is 0 Å². The van der Waals surface area contributed by atoms with Gasteiger partial charge < -0.3 is 15.4 Å². The van der Waals surface area contributed by atoms with Crippen molar-refractivity contribution in [1.82, 2.24) is 0 Å². The molecule has 1 aliphatic carbocycles. The average Bonchev–Trinajstić information content (AvgIpc) is 2.69. The van der Waals surface area contributed by atoms with Gasteiger partial charge in [-0.05, 0) is 44.2 Å². The molecule has 1 aliphatic heterocycles. The molecule has 0 unspecified atom stereocenters. The number of anilines is 1. The van der Waals surface area contributed by atoms with Gasteiger partial charge >= 0.3 is 0 Å². The van der Waals surface area contributed by atoms with Crippen molar-refractivity contribution in [2.75, 3.05) is 18.1 Å². The van der Waals surface area contributed by atoms with Crippen molar-refractivity contribution in [2.45, 2.75) is 38.1 Å². The Morgan fingerprint density at radius 2 is 1.95 bits per heavy atom. The third-order valence-corrected chi connectivity index (χ3v) is 4.33. The van der Waals surface area contributed by atoms with Crippen molar-refractivity contribution in [3.63, 3.8) is 0 Å². The molecule has 2 N–H and O–H groups in total. The van der Waals surface area contributed by atoms with Crippen molar-refractivity contribution >= 4 is 11.6 Å². The molecule has 3 rings (SSSR count). The summed E-state index contributed by atoms with van der Waals surface area (Å²) < 4.78 is 5.72. The molecule has 4 heteroatoms. The van der Waals surface area contributed by atoms with Crippen LogP contribution in [0.1, 0.15) is 32.1 Å². The summed E-state index contributed by atoms with van der Waals surface area (Å²) in [5.74, 6) is 1.20. The molecule has 1 saturated carbocycles. The molecule has 1 heterocycles. The van der Waals surface area contributed by atoms with Crippen LogP contribution in [0.5, 0.6) is 5.75 Å². The quantitative estimate of drug-likeness (QED) is 0.855. The minimum Gasteiger partial charge on any atom is -0.491 e. The lowest BCUT2D eigenvalue weighted by Crippen LogP contribution is -2.40. The maximum absolute atomic E-state index is 12.8. The number of nitrogens with zero attached hydrogens (tertiary/aromatic N) is 1. The van der Waals surface area contributed by atoms with E-state index in [9.17, 15) is 4.79 Å². The summed E-state index contributed by atoms with van der Waals surface area (Å²) >= 11 is 0. The van der Waals surface area contributed by atoms with Crippen LogP contribution in [0.2, 0.25) is 0 Å². The SMILES string of the molecule is NC1CCC(C(=O)N2CCCOc3ccccc32)CC1. The predicted molar refractivity (Wildman–Crippen MR) is 78.8 cm³/mol. The fourth-order valence-electron chi connectivity index (χ4n) is 3.14. The Kier molecular flexibility index (Phi) is 3.92. The van der Waals surface area contributed by atoms with Crippen LogP contribution in [0.4, 0.5) is 5.69 Å². The molecular weight excluding hydrogens is 252 g/mol. The molecule has 0 bridgehead atoms. The second-order valence-corrected chi connectivity index (χ2v) is 5.77. The zero-order chi connectivity index (χ0) is 13.9. The first-order valence-corrected chi connectivity index (χ1v) is 7.54. The lowest BCUT2D eigenvalue weighted by molar-refractivity contribution is -0.123. The highest BCUT2D eigenvalue weighted by atomic mass is 16.5. The first-order chi connectivity index (χ1) is 9.75. The van der Waals surface area contributed by atoms with Gasteiger partial charge in [0.15, 0.2) is 0 Å². The maximum atomic E-state index is 12.8.